The van der Waals surface area contributed by atoms with Crippen LogP contribution in [0.15, 0.2) is 42.5 Å². The number of thioether (sulfide) groups is 1. The van der Waals surface area contributed by atoms with E-state index in [1.807, 2.05) is 36.4 Å². The second-order valence-electron chi connectivity index (χ2n) is 5.12. The Bertz CT molecular complexity index is 676. The Kier molecular flexibility index (Phi) is 7.09. The quantitative estimate of drug-likeness (QED) is 0.647. The molecule has 1 amide bonds. The smallest absolute Gasteiger partial charge is 0.232 e. The van der Waals surface area contributed by atoms with Crippen LogP contribution in [-0.2, 0) is 17.1 Å². The van der Waals surface area contributed by atoms with Gasteiger partial charge in [-0.05, 0) is 35.4 Å². The van der Waals surface area contributed by atoms with E-state index in [0.717, 1.165) is 16.9 Å². The SMILES string of the molecule is CN(Cc1ccc(Cl)cc1)C(=O)CSCc1ccc(Cl)c(Cl)c1. The van der Waals surface area contributed by atoms with Crippen LogP contribution in [0.1, 0.15) is 11.1 Å². The number of rotatable bonds is 6. The van der Waals surface area contributed by atoms with Crippen LogP contribution in [-0.4, -0.2) is 23.6 Å². The standard InChI is InChI=1S/C17H16Cl3NOS/c1-21(9-12-2-5-14(18)6-3-12)17(22)11-23-10-13-4-7-15(19)16(20)8-13/h2-8H,9-11H2,1H3. The summed E-state index contributed by atoms with van der Waals surface area (Å²) in [5.41, 5.74) is 2.11. The minimum atomic E-state index is 0.0880. The molecule has 0 atom stereocenters. The number of benzene rings is 2. The van der Waals surface area contributed by atoms with Crippen LogP contribution in [0, 0.1) is 0 Å². The summed E-state index contributed by atoms with van der Waals surface area (Å²) in [6.07, 6.45) is 0. The van der Waals surface area contributed by atoms with Crippen molar-refractivity contribution in [1.82, 2.24) is 4.90 Å². The molecule has 2 rings (SSSR count). The minimum absolute atomic E-state index is 0.0880. The molecule has 0 aliphatic rings. The summed E-state index contributed by atoms with van der Waals surface area (Å²) in [6, 6.07) is 13.0. The fraction of sp³-hybridized carbons (Fsp3) is 0.235. The monoisotopic (exact) mass is 387 g/mol. The lowest BCUT2D eigenvalue weighted by molar-refractivity contribution is -0.127. The summed E-state index contributed by atoms with van der Waals surface area (Å²) in [5.74, 6) is 1.23. The number of hydrogen-bond acceptors (Lipinski definition) is 2. The Labute approximate surface area is 155 Å². The van der Waals surface area contributed by atoms with Crippen LogP contribution in [0.5, 0.6) is 0 Å². The second kappa shape index (κ2) is 8.84. The van der Waals surface area contributed by atoms with Gasteiger partial charge in [-0.2, -0.15) is 0 Å². The Morgan fingerprint density at radius 2 is 1.65 bits per heavy atom. The highest BCUT2D eigenvalue weighted by Crippen LogP contribution is 2.24. The summed E-state index contributed by atoms with van der Waals surface area (Å²) in [7, 11) is 1.80. The first kappa shape index (κ1) is 18.5. The van der Waals surface area contributed by atoms with Crippen molar-refractivity contribution in [3.63, 3.8) is 0 Å². The largest absolute Gasteiger partial charge is 0.341 e. The average Bonchev–Trinajstić information content (AvgIpc) is 2.53. The maximum atomic E-state index is 12.2. The molecule has 23 heavy (non-hydrogen) atoms. The topological polar surface area (TPSA) is 20.3 Å². The van der Waals surface area contributed by atoms with Gasteiger partial charge in [-0.1, -0.05) is 53.0 Å². The Morgan fingerprint density at radius 1 is 1.00 bits per heavy atom. The van der Waals surface area contributed by atoms with Crippen molar-refractivity contribution < 1.29 is 4.79 Å². The van der Waals surface area contributed by atoms with E-state index in [1.165, 1.54) is 0 Å². The summed E-state index contributed by atoms with van der Waals surface area (Å²) in [6.45, 7) is 0.573. The predicted octanol–water partition coefficient (Wildman–Crippen LogP) is 5.54. The molecule has 0 aromatic heterocycles. The van der Waals surface area contributed by atoms with Gasteiger partial charge in [-0.3, -0.25) is 4.79 Å². The van der Waals surface area contributed by atoms with Gasteiger partial charge >= 0.3 is 0 Å². The molecule has 0 aliphatic carbocycles. The van der Waals surface area contributed by atoms with Gasteiger partial charge in [0.15, 0.2) is 0 Å². The minimum Gasteiger partial charge on any atom is -0.341 e. The zero-order valence-electron chi connectivity index (χ0n) is 12.6. The van der Waals surface area contributed by atoms with E-state index >= 15 is 0 Å². The summed E-state index contributed by atoms with van der Waals surface area (Å²) in [5, 5.41) is 1.77. The number of amides is 1. The van der Waals surface area contributed by atoms with E-state index in [1.54, 1.807) is 29.8 Å². The molecular weight excluding hydrogens is 373 g/mol. The molecule has 2 nitrogen and oxygen atoms in total. The maximum Gasteiger partial charge on any atom is 0.232 e. The lowest BCUT2D eigenvalue weighted by atomic mass is 10.2. The molecule has 0 bridgehead atoms. The lowest BCUT2D eigenvalue weighted by Gasteiger charge is -2.17. The number of hydrogen-bond donors (Lipinski definition) is 0. The van der Waals surface area contributed by atoms with Crippen molar-refractivity contribution in [2.75, 3.05) is 12.8 Å². The first-order chi connectivity index (χ1) is 11.0. The van der Waals surface area contributed by atoms with Crippen LogP contribution in [0.3, 0.4) is 0 Å². The Balaban J connectivity index is 1.79. The average molecular weight is 389 g/mol. The van der Waals surface area contributed by atoms with Crippen molar-refractivity contribution in [2.45, 2.75) is 12.3 Å². The molecule has 0 saturated carbocycles. The highest BCUT2D eigenvalue weighted by Gasteiger charge is 2.10. The Morgan fingerprint density at radius 3 is 2.30 bits per heavy atom. The zero-order valence-corrected chi connectivity index (χ0v) is 15.6. The van der Waals surface area contributed by atoms with Crippen molar-refractivity contribution in [2.24, 2.45) is 0 Å². The van der Waals surface area contributed by atoms with Crippen LogP contribution in [0.2, 0.25) is 15.1 Å². The molecule has 0 saturated heterocycles. The van der Waals surface area contributed by atoms with Crippen molar-refractivity contribution in [3.8, 4) is 0 Å². The molecule has 0 aliphatic heterocycles. The molecular formula is C17H16Cl3NOS. The lowest BCUT2D eigenvalue weighted by Crippen LogP contribution is -2.27. The molecule has 0 heterocycles. The van der Waals surface area contributed by atoms with E-state index in [9.17, 15) is 4.79 Å². The highest BCUT2D eigenvalue weighted by molar-refractivity contribution is 7.99. The van der Waals surface area contributed by atoms with Crippen molar-refractivity contribution in [1.29, 1.82) is 0 Å². The van der Waals surface area contributed by atoms with Gasteiger partial charge in [0.2, 0.25) is 5.91 Å². The van der Waals surface area contributed by atoms with Gasteiger partial charge in [-0.25, -0.2) is 0 Å². The molecule has 0 unspecified atom stereocenters. The zero-order chi connectivity index (χ0) is 16.8. The Hall–Kier alpha value is -0.870. The molecule has 2 aromatic carbocycles. The molecule has 0 fully saturated rings. The van der Waals surface area contributed by atoms with Gasteiger partial charge in [0.1, 0.15) is 0 Å². The number of nitrogens with zero attached hydrogens (tertiary/aromatic N) is 1. The molecule has 2 aromatic rings. The molecule has 0 radical (unpaired) electrons. The van der Waals surface area contributed by atoms with Crippen LogP contribution >= 0.6 is 46.6 Å². The van der Waals surface area contributed by atoms with Crippen LogP contribution in [0.4, 0.5) is 0 Å². The molecule has 122 valence electrons. The van der Waals surface area contributed by atoms with Gasteiger partial charge in [-0.15, -0.1) is 11.8 Å². The highest BCUT2D eigenvalue weighted by atomic mass is 35.5. The predicted molar refractivity (Wildman–Crippen MR) is 101 cm³/mol. The van der Waals surface area contributed by atoms with Crippen LogP contribution < -0.4 is 0 Å². The first-order valence-electron chi connectivity index (χ1n) is 6.96. The van der Waals surface area contributed by atoms with E-state index in [-0.39, 0.29) is 5.91 Å². The molecule has 0 spiro atoms. The normalized spacial score (nSPS) is 10.6. The second-order valence-corrected chi connectivity index (χ2v) is 7.35. The van der Waals surface area contributed by atoms with E-state index < -0.39 is 0 Å². The third kappa shape index (κ3) is 5.92. The summed E-state index contributed by atoms with van der Waals surface area (Å²) >= 11 is 19.3. The van der Waals surface area contributed by atoms with E-state index in [0.29, 0.717) is 27.4 Å². The van der Waals surface area contributed by atoms with Crippen molar-refractivity contribution in [3.05, 3.63) is 68.7 Å². The summed E-state index contributed by atoms with van der Waals surface area (Å²) in [4.78, 5) is 13.9. The van der Waals surface area contributed by atoms with Crippen molar-refractivity contribution >= 4 is 52.5 Å². The van der Waals surface area contributed by atoms with E-state index in [2.05, 4.69) is 0 Å². The number of halogens is 3. The molecule has 6 heteroatoms. The summed E-state index contributed by atoms with van der Waals surface area (Å²) < 4.78 is 0. The maximum absolute atomic E-state index is 12.2. The number of carbonyl (C=O) groups excluding carboxylic acids is 1. The van der Waals surface area contributed by atoms with Gasteiger partial charge < -0.3 is 4.90 Å². The van der Waals surface area contributed by atoms with Gasteiger partial charge in [0, 0.05) is 24.4 Å². The van der Waals surface area contributed by atoms with Crippen LogP contribution in [0.25, 0.3) is 0 Å². The third-order valence-corrected chi connectivity index (χ3v) is 5.22. The fourth-order valence-corrected chi connectivity index (χ4v) is 3.31. The molecule has 0 N–H and O–H groups in total. The number of carbonyl (C=O) groups is 1. The fourth-order valence-electron chi connectivity index (χ4n) is 1.95. The third-order valence-electron chi connectivity index (χ3n) is 3.24. The first-order valence-corrected chi connectivity index (χ1v) is 9.24. The van der Waals surface area contributed by atoms with E-state index in [4.69, 9.17) is 34.8 Å². The van der Waals surface area contributed by atoms with Gasteiger partial charge in [0.25, 0.3) is 0 Å². The van der Waals surface area contributed by atoms with Gasteiger partial charge in [0.05, 0.1) is 15.8 Å².